The van der Waals surface area contributed by atoms with Gasteiger partial charge in [0.15, 0.2) is 0 Å². The van der Waals surface area contributed by atoms with Gasteiger partial charge in [0.25, 0.3) is 0 Å². The van der Waals surface area contributed by atoms with Crippen LogP contribution in [0.3, 0.4) is 0 Å². The highest BCUT2D eigenvalue weighted by atomic mass is 16.3. The Bertz CT molecular complexity index is 562. The Balaban J connectivity index is 1.73. The highest BCUT2D eigenvalue weighted by molar-refractivity contribution is 5.86. The Hall–Kier alpha value is -0.450. The minimum atomic E-state index is -0.900. The Kier molecular flexibility index (Phi) is 3.57. The molecule has 0 radical (unpaired) electrons. The second-order valence-corrected chi connectivity index (χ2v) is 9.93. The van der Waals surface area contributed by atoms with E-state index in [2.05, 4.69) is 6.92 Å². The second kappa shape index (κ2) is 5.05. The molecule has 0 aliphatic heterocycles. The van der Waals surface area contributed by atoms with Crippen molar-refractivity contribution in [1.82, 2.24) is 0 Å². The van der Waals surface area contributed by atoms with Crippen LogP contribution in [0, 0.1) is 34.0 Å². The fraction of sp³-hybridized carbons (Fsp3) is 0.950. The SMILES string of the molecule is CC1(CO)C(=O)CCC2(C)C3CCC4CC3(CCC12)CC4(O)CO. The molecule has 4 nitrogen and oxygen atoms in total. The van der Waals surface area contributed by atoms with Gasteiger partial charge < -0.3 is 15.3 Å². The van der Waals surface area contributed by atoms with Crippen LogP contribution in [0.25, 0.3) is 0 Å². The van der Waals surface area contributed by atoms with E-state index in [1.807, 2.05) is 6.92 Å². The lowest BCUT2D eigenvalue weighted by molar-refractivity contribution is -0.174. The average Bonchev–Trinajstić information content (AvgIpc) is 2.78. The number of carbonyl (C=O) groups excluding carboxylic acids is 1. The maximum Gasteiger partial charge on any atom is 0.141 e. The number of carbonyl (C=O) groups is 1. The molecule has 0 aromatic heterocycles. The highest BCUT2D eigenvalue weighted by Gasteiger charge is 2.68. The van der Waals surface area contributed by atoms with Crippen LogP contribution in [0.2, 0.25) is 0 Å². The minimum Gasteiger partial charge on any atom is -0.395 e. The normalized spacial score (nSPS) is 56.7. The third kappa shape index (κ3) is 1.88. The molecule has 4 fully saturated rings. The van der Waals surface area contributed by atoms with Crippen molar-refractivity contribution in [3.8, 4) is 0 Å². The van der Waals surface area contributed by atoms with Crippen molar-refractivity contribution in [3.63, 3.8) is 0 Å². The topological polar surface area (TPSA) is 77.8 Å². The van der Waals surface area contributed by atoms with E-state index in [1.54, 1.807) is 0 Å². The highest BCUT2D eigenvalue weighted by Crippen LogP contribution is 2.72. The zero-order chi connectivity index (χ0) is 17.4. The molecule has 4 aliphatic rings. The zero-order valence-corrected chi connectivity index (χ0v) is 15.1. The van der Waals surface area contributed by atoms with Gasteiger partial charge >= 0.3 is 0 Å². The summed E-state index contributed by atoms with van der Waals surface area (Å²) >= 11 is 0. The number of rotatable bonds is 2. The van der Waals surface area contributed by atoms with Gasteiger partial charge in [-0.25, -0.2) is 0 Å². The van der Waals surface area contributed by atoms with E-state index in [1.165, 1.54) is 0 Å². The fourth-order valence-corrected chi connectivity index (χ4v) is 7.86. The van der Waals surface area contributed by atoms with Crippen LogP contribution in [0.4, 0.5) is 0 Å². The van der Waals surface area contributed by atoms with Crippen molar-refractivity contribution in [2.24, 2.45) is 34.0 Å². The lowest BCUT2D eigenvalue weighted by atomic mass is 9.41. The van der Waals surface area contributed by atoms with Crippen molar-refractivity contribution in [2.45, 2.75) is 70.8 Å². The predicted octanol–water partition coefficient (Wildman–Crippen LogP) is 2.29. The number of fused-ring (bicyclic) bond motifs is 3. The third-order valence-corrected chi connectivity index (χ3v) is 9.04. The van der Waals surface area contributed by atoms with Crippen LogP contribution >= 0.6 is 0 Å². The Morgan fingerprint density at radius 3 is 2.46 bits per heavy atom. The molecule has 4 saturated carbocycles. The number of hydrogen-bond acceptors (Lipinski definition) is 4. The van der Waals surface area contributed by atoms with Gasteiger partial charge in [0, 0.05) is 6.42 Å². The van der Waals surface area contributed by atoms with Crippen molar-refractivity contribution in [3.05, 3.63) is 0 Å². The lowest BCUT2D eigenvalue weighted by Gasteiger charge is -2.63. The van der Waals surface area contributed by atoms with Gasteiger partial charge in [-0.15, -0.1) is 0 Å². The molecule has 4 aliphatic carbocycles. The van der Waals surface area contributed by atoms with E-state index in [0.29, 0.717) is 12.3 Å². The lowest BCUT2D eigenvalue weighted by Crippen LogP contribution is -2.60. The molecule has 1 spiro atoms. The molecule has 7 unspecified atom stereocenters. The summed E-state index contributed by atoms with van der Waals surface area (Å²) in [6.07, 6.45) is 7.30. The van der Waals surface area contributed by atoms with E-state index in [4.69, 9.17) is 0 Å². The number of aliphatic hydroxyl groups excluding tert-OH is 2. The summed E-state index contributed by atoms with van der Waals surface area (Å²) in [6, 6.07) is 0. The van der Waals surface area contributed by atoms with Gasteiger partial charge in [-0.05, 0) is 73.5 Å². The molecule has 136 valence electrons. The van der Waals surface area contributed by atoms with Crippen LogP contribution in [-0.4, -0.2) is 39.9 Å². The molecular weight excluding hydrogens is 304 g/mol. The third-order valence-electron chi connectivity index (χ3n) is 9.04. The van der Waals surface area contributed by atoms with Gasteiger partial charge in [-0.2, -0.15) is 0 Å². The Labute approximate surface area is 144 Å². The van der Waals surface area contributed by atoms with Crippen LogP contribution in [0.15, 0.2) is 0 Å². The monoisotopic (exact) mass is 336 g/mol. The number of aliphatic hydroxyl groups is 3. The molecule has 24 heavy (non-hydrogen) atoms. The summed E-state index contributed by atoms with van der Waals surface area (Å²) in [7, 11) is 0. The first-order chi connectivity index (χ1) is 11.2. The summed E-state index contributed by atoms with van der Waals surface area (Å²) in [5.41, 5.74) is -1.31. The van der Waals surface area contributed by atoms with E-state index in [9.17, 15) is 20.1 Å². The molecule has 0 heterocycles. The van der Waals surface area contributed by atoms with Gasteiger partial charge in [-0.1, -0.05) is 13.8 Å². The van der Waals surface area contributed by atoms with E-state index in [0.717, 1.165) is 44.9 Å². The summed E-state index contributed by atoms with van der Waals surface area (Å²) < 4.78 is 0. The summed E-state index contributed by atoms with van der Waals surface area (Å²) in [6.45, 7) is 4.15. The standard InChI is InChI=1S/C20H32O4/c1-17-7-6-16(23)18(2,11-21)14(17)5-8-19-9-13(3-4-15(17)19)20(24,10-19)12-22/h13-15,21-22,24H,3-12H2,1-2H3. The van der Waals surface area contributed by atoms with Crippen LogP contribution in [0.5, 0.6) is 0 Å². The summed E-state index contributed by atoms with van der Waals surface area (Å²) in [5.74, 6) is 1.20. The van der Waals surface area contributed by atoms with E-state index < -0.39 is 11.0 Å². The Morgan fingerprint density at radius 1 is 1.04 bits per heavy atom. The summed E-state index contributed by atoms with van der Waals surface area (Å²) in [5, 5.41) is 30.7. The van der Waals surface area contributed by atoms with Crippen LogP contribution in [0.1, 0.15) is 65.2 Å². The Morgan fingerprint density at radius 2 is 1.79 bits per heavy atom. The average molecular weight is 336 g/mol. The molecule has 0 amide bonds. The quantitative estimate of drug-likeness (QED) is 0.723. The number of Topliss-reactive ketones (excluding diaryl/α,β-unsaturated/α-hetero) is 1. The predicted molar refractivity (Wildman–Crippen MR) is 90.2 cm³/mol. The van der Waals surface area contributed by atoms with Crippen LogP contribution in [-0.2, 0) is 4.79 Å². The smallest absolute Gasteiger partial charge is 0.141 e. The first-order valence-corrected chi connectivity index (χ1v) is 9.71. The van der Waals surface area contributed by atoms with Crippen molar-refractivity contribution in [2.75, 3.05) is 13.2 Å². The molecule has 4 rings (SSSR count). The van der Waals surface area contributed by atoms with Crippen molar-refractivity contribution in [1.29, 1.82) is 0 Å². The second-order valence-electron chi connectivity index (χ2n) is 9.93. The first kappa shape index (κ1) is 17.0. The first-order valence-electron chi connectivity index (χ1n) is 9.71. The fourth-order valence-electron chi connectivity index (χ4n) is 7.86. The molecule has 0 aromatic carbocycles. The zero-order valence-electron chi connectivity index (χ0n) is 15.1. The molecule has 4 heteroatoms. The van der Waals surface area contributed by atoms with E-state index >= 15 is 0 Å². The van der Waals surface area contributed by atoms with E-state index in [-0.39, 0.29) is 41.7 Å². The molecule has 7 atom stereocenters. The largest absolute Gasteiger partial charge is 0.395 e. The van der Waals surface area contributed by atoms with Crippen molar-refractivity contribution >= 4 is 5.78 Å². The van der Waals surface area contributed by atoms with Gasteiger partial charge in [0.1, 0.15) is 5.78 Å². The van der Waals surface area contributed by atoms with Gasteiger partial charge in [-0.3, -0.25) is 4.79 Å². The molecule has 3 N–H and O–H groups in total. The molecular formula is C20H32O4. The summed E-state index contributed by atoms with van der Waals surface area (Å²) in [4.78, 5) is 12.6. The molecule has 2 bridgehead atoms. The number of ketones is 1. The minimum absolute atomic E-state index is 0.0466. The van der Waals surface area contributed by atoms with Crippen LogP contribution < -0.4 is 0 Å². The maximum absolute atomic E-state index is 12.6. The number of hydrogen-bond donors (Lipinski definition) is 3. The van der Waals surface area contributed by atoms with Gasteiger partial charge in [0.2, 0.25) is 0 Å². The maximum atomic E-state index is 12.6. The molecule has 0 aromatic rings. The van der Waals surface area contributed by atoms with Gasteiger partial charge in [0.05, 0.1) is 24.2 Å². The van der Waals surface area contributed by atoms with Crippen molar-refractivity contribution < 1.29 is 20.1 Å². The molecule has 0 saturated heterocycles.